The molecular formula is C10H9F3O3. The summed E-state index contributed by atoms with van der Waals surface area (Å²) in [6.45, 7) is 0. The van der Waals surface area contributed by atoms with E-state index < -0.39 is 24.1 Å². The van der Waals surface area contributed by atoms with Crippen LogP contribution in [-0.4, -0.2) is 18.2 Å². The number of carboxylic acid groups (broad SMARTS) is 1. The highest BCUT2D eigenvalue weighted by atomic mass is 19.4. The van der Waals surface area contributed by atoms with E-state index in [0.717, 1.165) is 18.2 Å². The van der Waals surface area contributed by atoms with Crippen molar-refractivity contribution in [2.24, 2.45) is 0 Å². The van der Waals surface area contributed by atoms with Gasteiger partial charge in [0.1, 0.15) is 5.75 Å². The van der Waals surface area contributed by atoms with E-state index >= 15 is 0 Å². The predicted octanol–water partition coefficient (Wildman–Crippen LogP) is 2.34. The lowest BCUT2D eigenvalue weighted by Crippen LogP contribution is -2.12. The van der Waals surface area contributed by atoms with Crippen molar-refractivity contribution >= 4 is 5.97 Å². The molecule has 0 heterocycles. The SMILES string of the molecule is COc1ccc(C(F)(F)F)c(CC(=O)O)c1. The standard InChI is InChI=1S/C10H9F3O3/c1-16-7-2-3-8(10(11,12)13)6(4-7)5-9(14)15/h2-4H,5H2,1H3,(H,14,15). The molecular weight excluding hydrogens is 225 g/mol. The quantitative estimate of drug-likeness (QED) is 0.873. The van der Waals surface area contributed by atoms with Crippen LogP contribution in [0.5, 0.6) is 5.75 Å². The van der Waals surface area contributed by atoms with Gasteiger partial charge in [-0.05, 0) is 23.8 Å². The molecule has 1 N–H and O–H groups in total. The van der Waals surface area contributed by atoms with Crippen molar-refractivity contribution in [3.05, 3.63) is 29.3 Å². The molecule has 0 aromatic heterocycles. The Morgan fingerprint density at radius 2 is 2.06 bits per heavy atom. The molecule has 16 heavy (non-hydrogen) atoms. The molecule has 6 heteroatoms. The van der Waals surface area contributed by atoms with Crippen LogP contribution in [0.3, 0.4) is 0 Å². The summed E-state index contributed by atoms with van der Waals surface area (Å²) < 4.78 is 42.2. The van der Waals surface area contributed by atoms with Crippen LogP contribution >= 0.6 is 0 Å². The summed E-state index contributed by atoms with van der Waals surface area (Å²) in [4.78, 5) is 10.4. The van der Waals surface area contributed by atoms with Crippen molar-refractivity contribution < 1.29 is 27.8 Å². The zero-order valence-corrected chi connectivity index (χ0v) is 8.34. The van der Waals surface area contributed by atoms with Crippen LogP contribution < -0.4 is 4.74 Å². The van der Waals surface area contributed by atoms with E-state index in [1.165, 1.54) is 7.11 Å². The van der Waals surface area contributed by atoms with E-state index in [0.29, 0.717) is 0 Å². The minimum atomic E-state index is -4.56. The lowest BCUT2D eigenvalue weighted by atomic mass is 10.0. The fourth-order valence-electron chi connectivity index (χ4n) is 1.28. The molecule has 0 aliphatic carbocycles. The molecule has 0 unspecified atom stereocenters. The Kier molecular flexibility index (Phi) is 3.41. The minimum Gasteiger partial charge on any atom is -0.497 e. The van der Waals surface area contributed by atoms with Crippen molar-refractivity contribution in [3.63, 3.8) is 0 Å². The van der Waals surface area contributed by atoms with Gasteiger partial charge < -0.3 is 9.84 Å². The first-order chi connectivity index (χ1) is 7.34. The molecule has 0 amide bonds. The maximum Gasteiger partial charge on any atom is 0.416 e. The number of alkyl halides is 3. The third-order valence-electron chi connectivity index (χ3n) is 1.96. The van der Waals surface area contributed by atoms with Crippen LogP contribution in [0.25, 0.3) is 0 Å². The fourth-order valence-corrected chi connectivity index (χ4v) is 1.28. The van der Waals surface area contributed by atoms with Gasteiger partial charge in [-0.2, -0.15) is 13.2 Å². The summed E-state index contributed by atoms with van der Waals surface area (Å²) in [5, 5.41) is 8.51. The van der Waals surface area contributed by atoms with Gasteiger partial charge in [-0.3, -0.25) is 4.79 Å². The molecule has 0 aliphatic heterocycles. The number of carboxylic acids is 1. The average Bonchev–Trinajstić information content (AvgIpc) is 2.14. The second-order valence-corrected chi connectivity index (χ2v) is 3.09. The van der Waals surface area contributed by atoms with E-state index in [1.54, 1.807) is 0 Å². The number of aliphatic carboxylic acids is 1. The smallest absolute Gasteiger partial charge is 0.416 e. The summed E-state index contributed by atoms with van der Waals surface area (Å²) in [5.74, 6) is -1.12. The second kappa shape index (κ2) is 4.42. The Morgan fingerprint density at radius 3 is 2.50 bits per heavy atom. The van der Waals surface area contributed by atoms with E-state index in [9.17, 15) is 18.0 Å². The largest absolute Gasteiger partial charge is 0.497 e. The van der Waals surface area contributed by atoms with Crippen LogP contribution in [0.1, 0.15) is 11.1 Å². The molecule has 1 rings (SSSR count). The number of hydrogen-bond acceptors (Lipinski definition) is 2. The molecule has 0 saturated heterocycles. The minimum absolute atomic E-state index is 0.198. The van der Waals surface area contributed by atoms with Gasteiger partial charge in [0.25, 0.3) is 0 Å². The monoisotopic (exact) mass is 234 g/mol. The molecule has 3 nitrogen and oxygen atoms in total. The number of halogens is 3. The Balaban J connectivity index is 3.21. The van der Waals surface area contributed by atoms with Gasteiger partial charge in [-0.25, -0.2) is 0 Å². The molecule has 0 fully saturated rings. The third kappa shape index (κ3) is 2.88. The molecule has 0 spiro atoms. The van der Waals surface area contributed by atoms with Crippen LogP contribution in [0.2, 0.25) is 0 Å². The zero-order valence-electron chi connectivity index (χ0n) is 8.34. The lowest BCUT2D eigenvalue weighted by molar-refractivity contribution is -0.139. The van der Waals surface area contributed by atoms with Gasteiger partial charge in [0.2, 0.25) is 0 Å². The van der Waals surface area contributed by atoms with Gasteiger partial charge >= 0.3 is 12.1 Å². The van der Waals surface area contributed by atoms with Gasteiger partial charge in [0.15, 0.2) is 0 Å². The highest BCUT2D eigenvalue weighted by Gasteiger charge is 2.33. The predicted molar refractivity (Wildman–Crippen MR) is 49.3 cm³/mol. The van der Waals surface area contributed by atoms with Crippen LogP contribution in [0.15, 0.2) is 18.2 Å². The van der Waals surface area contributed by atoms with E-state index in [2.05, 4.69) is 0 Å². The van der Waals surface area contributed by atoms with Crippen molar-refractivity contribution in [1.29, 1.82) is 0 Å². The summed E-state index contributed by atoms with van der Waals surface area (Å²) in [5.41, 5.74) is -1.25. The summed E-state index contributed by atoms with van der Waals surface area (Å²) in [7, 11) is 1.30. The average molecular weight is 234 g/mol. The second-order valence-electron chi connectivity index (χ2n) is 3.09. The molecule has 0 radical (unpaired) electrons. The van der Waals surface area contributed by atoms with Crippen LogP contribution in [0, 0.1) is 0 Å². The van der Waals surface area contributed by atoms with Gasteiger partial charge in [0.05, 0.1) is 19.1 Å². The maximum absolute atomic E-state index is 12.5. The van der Waals surface area contributed by atoms with E-state index in [4.69, 9.17) is 9.84 Å². The van der Waals surface area contributed by atoms with Gasteiger partial charge in [0, 0.05) is 0 Å². The Morgan fingerprint density at radius 1 is 1.44 bits per heavy atom. The van der Waals surface area contributed by atoms with Crippen molar-refractivity contribution in [1.82, 2.24) is 0 Å². The van der Waals surface area contributed by atoms with E-state index in [-0.39, 0.29) is 11.3 Å². The zero-order chi connectivity index (χ0) is 12.3. The molecule has 0 aliphatic rings. The first-order valence-corrected chi connectivity index (χ1v) is 4.30. The summed E-state index contributed by atoms with van der Waals surface area (Å²) in [6.07, 6.45) is -5.25. The highest BCUT2D eigenvalue weighted by molar-refractivity contribution is 5.71. The molecule has 0 saturated carbocycles. The van der Waals surface area contributed by atoms with Gasteiger partial charge in [-0.15, -0.1) is 0 Å². The number of benzene rings is 1. The molecule has 1 aromatic carbocycles. The molecule has 0 bridgehead atoms. The van der Waals surface area contributed by atoms with Crippen molar-refractivity contribution in [2.45, 2.75) is 12.6 Å². The third-order valence-corrected chi connectivity index (χ3v) is 1.96. The van der Waals surface area contributed by atoms with Gasteiger partial charge in [-0.1, -0.05) is 0 Å². The maximum atomic E-state index is 12.5. The summed E-state index contributed by atoms with van der Waals surface area (Å²) >= 11 is 0. The topological polar surface area (TPSA) is 46.5 Å². The van der Waals surface area contributed by atoms with E-state index in [1.807, 2.05) is 0 Å². The summed E-state index contributed by atoms with van der Waals surface area (Å²) in [6, 6.07) is 3.04. The number of ether oxygens (including phenoxy) is 1. The molecule has 1 aromatic rings. The normalized spacial score (nSPS) is 11.2. The lowest BCUT2D eigenvalue weighted by Gasteiger charge is -2.12. The van der Waals surface area contributed by atoms with Crippen LogP contribution in [-0.2, 0) is 17.4 Å². The number of carbonyl (C=O) groups is 1. The number of rotatable bonds is 3. The highest BCUT2D eigenvalue weighted by Crippen LogP contribution is 2.34. The Labute approximate surface area is 89.5 Å². The van der Waals surface area contributed by atoms with Crippen molar-refractivity contribution in [3.8, 4) is 5.75 Å². The molecule has 0 atom stereocenters. The Hall–Kier alpha value is -1.72. The number of hydrogen-bond donors (Lipinski definition) is 1. The first kappa shape index (κ1) is 12.4. The van der Waals surface area contributed by atoms with Crippen molar-refractivity contribution in [2.75, 3.05) is 7.11 Å². The first-order valence-electron chi connectivity index (χ1n) is 4.30. The fraction of sp³-hybridized carbons (Fsp3) is 0.300. The number of methoxy groups -OCH3 is 1. The molecule has 88 valence electrons. The van der Waals surface area contributed by atoms with Crippen LogP contribution in [0.4, 0.5) is 13.2 Å². The Bertz CT molecular complexity index is 399.